The molecule has 0 unspecified atom stereocenters. The summed E-state index contributed by atoms with van der Waals surface area (Å²) in [6.07, 6.45) is -0.419. The van der Waals surface area contributed by atoms with E-state index in [0.29, 0.717) is 17.2 Å². The average molecular weight is 356 g/mol. The summed E-state index contributed by atoms with van der Waals surface area (Å²) in [6, 6.07) is 16.5. The largest absolute Gasteiger partial charge is 0.455 e. The van der Waals surface area contributed by atoms with Crippen molar-refractivity contribution in [3.63, 3.8) is 0 Å². The number of carbonyl (C=O) groups excluding carboxylic acids is 2. The Labute approximate surface area is 153 Å². The molecule has 0 aliphatic heterocycles. The Hall–Kier alpha value is -3.02. The number of ether oxygens (including phenoxy) is 2. The van der Waals surface area contributed by atoms with E-state index in [1.54, 1.807) is 32.9 Å². The summed E-state index contributed by atoms with van der Waals surface area (Å²) in [7, 11) is 0. The quantitative estimate of drug-likeness (QED) is 0.807. The Balaban J connectivity index is 1.86. The highest BCUT2D eigenvalue weighted by molar-refractivity contribution is 5.92. The van der Waals surface area contributed by atoms with Gasteiger partial charge in [-0.2, -0.15) is 0 Å². The number of anilines is 1. The normalized spacial score (nSPS) is 10.7. The standard InChI is InChI=1S/C20H24N2O4/c1-20(2,3)26-19(24)21-14-13-18(23)22-16-11-7-8-12-17(16)25-15-9-5-4-6-10-15/h4-12H,13-14H2,1-3H3,(H,21,24)(H,22,23). The molecule has 0 bridgehead atoms. The van der Waals surface area contributed by atoms with Gasteiger partial charge in [-0.1, -0.05) is 30.3 Å². The maximum atomic E-state index is 12.1. The smallest absolute Gasteiger partial charge is 0.407 e. The van der Waals surface area contributed by atoms with Crippen molar-refractivity contribution in [3.05, 3.63) is 54.6 Å². The lowest BCUT2D eigenvalue weighted by Gasteiger charge is -2.19. The molecule has 0 saturated heterocycles. The van der Waals surface area contributed by atoms with Crippen molar-refractivity contribution in [1.29, 1.82) is 0 Å². The van der Waals surface area contributed by atoms with Gasteiger partial charge in [0.2, 0.25) is 5.91 Å². The minimum Gasteiger partial charge on any atom is -0.455 e. The lowest BCUT2D eigenvalue weighted by Crippen LogP contribution is -2.34. The van der Waals surface area contributed by atoms with E-state index in [1.807, 2.05) is 42.5 Å². The summed E-state index contributed by atoms with van der Waals surface area (Å²) in [5.41, 5.74) is -0.00122. The zero-order chi connectivity index (χ0) is 19.0. The van der Waals surface area contributed by atoms with E-state index >= 15 is 0 Å². The molecule has 0 aliphatic rings. The lowest BCUT2D eigenvalue weighted by molar-refractivity contribution is -0.116. The molecular weight excluding hydrogens is 332 g/mol. The van der Waals surface area contributed by atoms with Crippen LogP contribution in [-0.4, -0.2) is 24.1 Å². The second-order valence-electron chi connectivity index (χ2n) is 6.64. The van der Waals surface area contributed by atoms with E-state index in [0.717, 1.165) is 0 Å². The van der Waals surface area contributed by atoms with Gasteiger partial charge in [0.1, 0.15) is 11.4 Å². The van der Waals surface area contributed by atoms with Gasteiger partial charge in [0.15, 0.2) is 5.75 Å². The molecule has 0 atom stereocenters. The van der Waals surface area contributed by atoms with Crippen LogP contribution in [0.1, 0.15) is 27.2 Å². The van der Waals surface area contributed by atoms with E-state index in [2.05, 4.69) is 10.6 Å². The molecule has 26 heavy (non-hydrogen) atoms. The molecule has 0 aliphatic carbocycles. The Kier molecular flexibility index (Phi) is 6.60. The molecule has 2 amide bonds. The summed E-state index contributed by atoms with van der Waals surface area (Å²) >= 11 is 0. The van der Waals surface area contributed by atoms with E-state index in [1.165, 1.54) is 0 Å². The number of rotatable bonds is 6. The monoisotopic (exact) mass is 356 g/mol. The summed E-state index contributed by atoms with van der Waals surface area (Å²) in [6.45, 7) is 5.53. The molecule has 6 nitrogen and oxygen atoms in total. The molecule has 2 aromatic carbocycles. The van der Waals surface area contributed by atoms with Crippen LogP contribution in [0.4, 0.5) is 10.5 Å². The lowest BCUT2D eigenvalue weighted by atomic mass is 10.2. The first-order valence-corrected chi connectivity index (χ1v) is 8.42. The van der Waals surface area contributed by atoms with Gasteiger partial charge in [-0.25, -0.2) is 4.79 Å². The van der Waals surface area contributed by atoms with Gasteiger partial charge in [-0.05, 0) is 45.0 Å². The molecule has 0 spiro atoms. The molecule has 0 radical (unpaired) electrons. The molecule has 138 valence electrons. The Bertz CT molecular complexity index is 739. The van der Waals surface area contributed by atoms with E-state index < -0.39 is 11.7 Å². The number of hydrogen-bond donors (Lipinski definition) is 2. The number of amides is 2. The van der Waals surface area contributed by atoms with Crippen LogP contribution in [-0.2, 0) is 9.53 Å². The second kappa shape index (κ2) is 8.89. The van der Waals surface area contributed by atoms with Crippen LogP contribution in [0, 0.1) is 0 Å². The summed E-state index contributed by atoms with van der Waals surface area (Å²) in [5, 5.41) is 5.35. The van der Waals surface area contributed by atoms with Gasteiger partial charge in [-0.15, -0.1) is 0 Å². The van der Waals surface area contributed by atoms with Gasteiger partial charge >= 0.3 is 6.09 Å². The minimum atomic E-state index is -0.569. The van der Waals surface area contributed by atoms with E-state index in [4.69, 9.17) is 9.47 Å². The first-order valence-electron chi connectivity index (χ1n) is 8.42. The van der Waals surface area contributed by atoms with Crippen LogP contribution in [0.15, 0.2) is 54.6 Å². The van der Waals surface area contributed by atoms with Gasteiger partial charge in [-0.3, -0.25) is 4.79 Å². The van der Waals surface area contributed by atoms with Gasteiger partial charge in [0.05, 0.1) is 5.69 Å². The molecular formula is C20H24N2O4. The molecule has 0 heterocycles. The average Bonchev–Trinajstić information content (AvgIpc) is 2.56. The second-order valence-corrected chi connectivity index (χ2v) is 6.64. The van der Waals surface area contributed by atoms with Crippen LogP contribution in [0.25, 0.3) is 0 Å². The predicted molar refractivity (Wildman–Crippen MR) is 100 cm³/mol. The highest BCUT2D eigenvalue weighted by Gasteiger charge is 2.16. The SMILES string of the molecule is CC(C)(C)OC(=O)NCCC(=O)Nc1ccccc1Oc1ccccc1. The molecule has 2 aromatic rings. The van der Waals surface area contributed by atoms with Crippen LogP contribution < -0.4 is 15.4 Å². The number of benzene rings is 2. The molecule has 2 rings (SSSR count). The Morgan fingerprint density at radius 1 is 0.962 bits per heavy atom. The topological polar surface area (TPSA) is 76.7 Å². The number of para-hydroxylation sites is 3. The van der Waals surface area contributed by atoms with Crippen LogP contribution in [0.3, 0.4) is 0 Å². The molecule has 0 fully saturated rings. The fourth-order valence-electron chi connectivity index (χ4n) is 2.08. The highest BCUT2D eigenvalue weighted by atomic mass is 16.6. The zero-order valence-corrected chi connectivity index (χ0v) is 15.2. The number of nitrogens with one attached hydrogen (secondary N) is 2. The molecule has 0 saturated carbocycles. The maximum absolute atomic E-state index is 12.1. The first-order chi connectivity index (χ1) is 12.3. The number of carbonyl (C=O) groups is 2. The van der Waals surface area contributed by atoms with Crippen molar-refractivity contribution in [2.24, 2.45) is 0 Å². The Morgan fingerprint density at radius 2 is 1.62 bits per heavy atom. The van der Waals surface area contributed by atoms with Gasteiger partial charge in [0, 0.05) is 13.0 Å². The summed E-state index contributed by atoms with van der Waals surface area (Å²) in [4.78, 5) is 23.7. The van der Waals surface area contributed by atoms with Gasteiger partial charge < -0.3 is 20.1 Å². The minimum absolute atomic E-state index is 0.124. The van der Waals surface area contributed by atoms with Crippen molar-refractivity contribution in [1.82, 2.24) is 5.32 Å². The van der Waals surface area contributed by atoms with E-state index in [9.17, 15) is 9.59 Å². The van der Waals surface area contributed by atoms with E-state index in [-0.39, 0.29) is 18.9 Å². The van der Waals surface area contributed by atoms with Crippen LogP contribution in [0.2, 0.25) is 0 Å². The summed E-state index contributed by atoms with van der Waals surface area (Å²) in [5.74, 6) is 0.998. The summed E-state index contributed by atoms with van der Waals surface area (Å²) < 4.78 is 10.9. The first kappa shape index (κ1) is 19.3. The fraction of sp³-hybridized carbons (Fsp3) is 0.300. The van der Waals surface area contributed by atoms with Crippen molar-refractivity contribution >= 4 is 17.7 Å². The molecule has 6 heteroatoms. The third-order valence-electron chi connectivity index (χ3n) is 3.15. The Morgan fingerprint density at radius 3 is 2.31 bits per heavy atom. The molecule has 2 N–H and O–H groups in total. The maximum Gasteiger partial charge on any atom is 0.407 e. The number of alkyl carbamates (subject to hydrolysis) is 1. The van der Waals surface area contributed by atoms with Crippen LogP contribution >= 0.6 is 0 Å². The predicted octanol–water partition coefficient (Wildman–Crippen LogP) is 4.33. The fourth-order valence-corrected chi connectivity index (χ4v) is 2.08. The zero-order valence-electron chi connectivity index (χ0n) is 15.2. The van der Waals surface area contributed by atoms with Crippen molar-refractivity contribution in [3.8, 4) is 11.5 Å². The van der Waals surface area contributed by atoms with Crippen molar-refractivity contribution < 1.29 is 19.1 Å². The highest BCUT2D eigenvalue weighted by Crippen LogP contribution is 2.29. The number of hydrogen-bond acceptors (Lipinski definition) is 4. The molecule has 0 aromatic heterocycles. The van der Waals surface area contributed by atoms with Crippen molar-refractivity contribution in [2.75, 3.05) is 11.9 Å². The van der Waals surface area contributed by atoms with Crippen LogP contribution in [0.5, 0.6) is 11.5 Å². The third-order valence-corrected chi connectivity index (χ3v) is 3.15. The van der Waals surface area contributed by atoms with Crippen molar-refractivity contribution in [2.45, 2.75) is 32.8 Å². The van der Waals surface area contributed by atoms with Gasteiger partial charge in [0.25, 0.3) is 0 Å². The third kappa shape index (κ3) is 6.84.